The second-order valence-electron chi connectivity index (χ2n) is 4.35. The molecule has 0 amide bonds. The van der Waals surface area contributed by atoms with Crippen molar-refractivity contribution in [1.29, 1.82) is 0 Å². The Morgan fingerprint density at radius 2 is 1.94 bits per heavy atom. The largest absolute Gasteiger partial charge is 0.325 e. The number of aromatic nitrogens is 1. The van der Waals surface area contributed by atoms with Crippen molar-refractivity contribution in [2.75, 3.05) is 0 Å². The summed E-state index contributed by atoms with van der Waals surface area (Å²) in [6, 6.07) is 6.07. The summed E-state index contributed by atoms with van der Waals surface area (Å²) in [5.74, 6) is 0.434. The summed E-state index contributed by atoms with van der Waals surface area (Å²) in [5, 5.41) is 1.73. The number of benzene rings is 1. The number of rotatable bonds is 1. The molecular formula is C13H14BrNO. The summed E-state index contributed by atoms with van der Waals surface area (Å²) in [5.41, 5.74) is 2.04. The molecule has 0 aliphatic rings. The van der Waals surface area contributed by atoms with Crippen LogP contribution >= 0.6 is 15.9 Å². The number of H-pyrrole nitrogens is 1. The molecule has 84 valence electrons. The molecule has 1 aromatic heterocycles. The van der Waals surface area contributed by atoms with Crippen LogP contribution in [0.25, 0.3) is 10.8 Å². The number of hydrogen-bond donors (Lipinski definition) is 1. The summed E-state index contributed by atoms with van der Waals surface area (Å²) in [4.78, 5) is 14.7. The van der Waals surface area contributed by atoms with E-state index in [2.05, 4.69) is 40.8 Å². The lowest BCUT2D eigenvalue weighted by Crippen LogP contribution is -2.09. The molecule has 2 rings (SSSR count). The van der Waals surface area contributed by atoms with Crippen LogP contribution in [0.1, 0.15) is 31.0 Å². The molecule has 0 atom stereocenters. The van der Waals surface area contributed by atoms with E-state index in [0.29, 0.717) is 5.92 Å². The maximum absolute atomic E-state index is 11.9. The molecule has 0 aliphatic carbocycles. The Bertz CT molecular complexity index is 599. The van der Waals surface area contributed by atoms with Gasteiger partial charge in [-0.1, -0.05) is 26.0 Å². The molecule has 0 saturated heterocycles. The highest BCUT2D eigenvalue weighted by Crippen LogP contribution is 2.26. The van der Waals surface area contributed by atoms with Gasteiger partial charge >= 0.3 is 0 Å². The number of fused-ring (bicyclic) bond motifs is 1. The van der Waals surface area contributed by atoms with E-state index in [4.69, 9.17) is 0 Å². The van der Waals surface area contributed by atoms with E-state index in [1.54, 1.807) is 0 Å². The predicted octanol–water partition coefficient (Wildman–Crippen LogP) is 3.72. The molecule has 0 unspecified atom stereocenters. The number of aromatic amines is 1. The molecule has 1 N–H and O–H groups in total. The van der Waals surface area contributed by atoms with Crippen LogP contribution in [-0.2, 0) is 0 Å². The van der Waals surface area contributed by atoms with Gasteiger partial charge in [0.1, 0.15) is 0 Å². The summed E-state index contributed by atoms with van der Waals surface area (Å²) < 4.78 is 0.970. The van der Waals surface area contributed by atoms with Gasteiger partial charge in [-0.15, -0.1) is 0 Å². The molecule has 1 heterocycles. The third-order valence-corrected chi connectivity index (χ3v) is 3.84. The van der Waals surface area contributed by atoms with Crippen molar-refractivity contribution in [2.45, 2.75) is 26.7 Å². The van der Waals surface area contributed by atoms with E-state index in [1.807, 2.05) is 19.1 Å². The molecular weight excluding hydrogens is 266 g/mol. The number of hydrogen-bond acceptors (Lipinski definition) is 1. The molecule has 0 bridgehead atoms. The fourth-order valence-electron chi connectivity index (χ4n) is 1.79. The van der Waals surface area contributed by atoms with Crippen LogP contribution in [0.15, 0.2) is 27.5 Å². The fourth-order valence-corrected chi connectivity index (χ4v) is 2.24. The Balaban J connectivity index is 2.85. The zero-order chi connectivity index (χ0) is 11.9. The van der Waals surface area contributed by atoms with Crippen molar-refractivity contribution >= 4 is 26.7 Å². The van der Waals surface area contributed by atoms with Crippen molar-refractivity contribution in [2.24, 2.45) is 0 Å². The normalized spacial score (nSPS) is 11.3. The lowest BCUT2D eigenvalue weighted by atomic mass is 10.00. The predicted molar refractivity (Wildman–Crippen MR) is 71.1 cm³/mol. The van der Waals surface area contributed by atoms with Crippen LogP contribution in [0.3, 0.4) is 0 Å². The zero-order valence-corrected chi connectivity index (χ0v) is 11.2. The van der Waals surface area contributed by atoms with Crippen LogP contribution in [0.2, 0.25) is 0 Å². The first-order chi connectivity index (χ1) is 7.50. The second-order valence-corrected chi connectivity index (χ2v) is 5.15. The first-order valence-electron chi connectivity index (χ1n) is 5.32. The first-order valence-corrected chi connectivity index (χ1v) is 6.12. The van der Waals surface area contributed by atoms with E-state index in [9.17, 15) is 4.79 Å². The van der Waals surface area contributed by atoms with Crippen molar-refractivity contribution in [3.63, 3.8) is 0 Å². The Morgan fingerprint density at radius 3 is 2.56 bits per heavy atom. The lowest BCUT2D eigenvalue weighted by Gasteiger charge is -2.08. The van der Waals surface area contributed by atoms with Gasteiger partial charge in [0.15, 0.2) is 0 Å². The maximum Gasteiger partial charge on any atom is 0.256 e. The number of halogens is 1. The van der Waals surface area contributed by atoms with Gasteiger partial charge in [-0.25, -0.2) is 0 Å². The van der Waals surface area contributed by atoms with Crippen molar-refractivity contribution in [1.82, 2.24) is 4.98 Å². The number of nitrogens with one attached hydrogen (secondary N) is 1. The highest BCUT2D eigenvalue weighted by molar-refractivity contribution is 9.10. The highest BCUT2D eigenvalue weighted by Gasteiger charge is 2.08. The van der Waals surface area contributed by atoms with Gasteiger partial charge < -0.3 is 4.98 Å². The van der Waals surface area contributed by atoms with Gasteiger partial charge in [0, 0.05) is 20.9 Å². The van der Waals surface area contributed by atoms with E-state index in [0.717, 1.165) is 20.9 Å². The lowest BCUT2D eigenvalue weighted by molar-refractivity contribution is 0.868. The average Bonchev–Trinajstić information content (AvgIpc) is 2.25. The molecule has 16 heavy (non-hydrogen) atoms. The number of pyridine rings is 1. The number of aryl methyl sites for hydroxylation is 1. The van der Waals surface area contributed by atoms with Crippen molar-refractivity contribution < 1.29 is 0 Å². The summed E-state index contributed by atoms with van der Waals surface area (Å²) in [7, 11) is 0. The van der Waals surface area contributed by atoms with Crippen LogP contribution in [0.4, 0.5) is 0 Å². The van der Waals surface area contributed by atoms with Crippen molar-refractivity contribution in [3.05, 3.63) is 44.3 Å². The Morgan fingerprint density at radius 1 is 1.25 bits per heavy atom. The molecule has 2 aromatic rings. The van der Waals surface area contributed by atoms with Gasteiger partial charge in [-0.2, -0.15) is 0 Å². The topological polar surface area (TPSA) is 32.9 Å². The Labute approximate surface area is 103 Å². The van der Waals surface area contributed by atoms with Crippen LogP contribution in [0, 0.1) is 6.92 Å². The monoisotopic (exact) mass is 279 g/mol. The van der Waals surface area contributed by atoms with Crippen LogP contribution in [0.5, 0.6) is 0 Å². The van der Waals surface area contributed by atoms with Crippen LogP contribution < -0.4 is 5.56 Å². The molecule has 0 spiro atoms. The SMILES string of the molecule is Cc1[nH]c(=O)c2cc(C(C)C)ccc2c1Br. The van der Waals surface area contributed by atoms with Gasteiger partial charge in [0.25, 0.3) is 5.56 Å². The quantitative estimate of drug-likeness (QED) is 0.848. The summed E-state index contributed by atoms with van der Waals surface area (Å²) >= 11 is 3.51. The van der Waals surface area contributed by atoms with E-state index >= 15 is 0 Å². The Kier molecular flexibility index (Phi) is 2.89. The molecule has 3 heteroatoms. The van der Waals surface area contributed by atoms with Crippen LogP contribution in [-0.4, -0.2) is 4.98 Å². The van der Waals surface area contributed by atoms with Gasteiger partial charge in [-0.05, 0) is 40.4 Å². The third kappa shape index (κ3) is 1.80. The minimum atomic E-state index is -0.0156. The molecule has 0 aliphatic heterocycles. The minimum absolute atomic E-state index is 0.0156. The molecule has 2 nitrogen and oxygen atoms in total. The molecule has 0 fully saturated rings. The zero-order valence-electron chi connectivity index (χ0n) is 9.60. The van der Waals surface area contributed by atoms with Gasteiger partial charge in [0.2, 0.25) is 0 Å². The maximum atomic E-state index is 11.9. The van der Waals surface area contributed by atoms with E-state index < -0.39 is 0 Å². The van der Waals surface area contributed by atoms with Gasteiger partial charge in [-0.3, -0.25) is 4.79 Å². The Hall–Kier alpha value is -1.09. The van der Waals surface area contributed by atoms with Crippen molar-refractivity contribution in [3.8, 4) is 0 Å². The smallest absolute Gasteiger partial charge is 0.256 e. The molecule has 0 saturated carbocycles. The first kappa shape index (κ1) is 11.4. The van der Waals surface area contributed by atoms with E-state index in [-0.39, 0.29) is 5.56 Å². The summed E-state index contributed by atoms with van der Waals surface area (Å²) in [6.07, 6.45) is 0. The average molecular weight is 280 g/mol. The third-order valence-electron chi connectivity index (χ3n) is 2.82. The highest BCUT2D eigenvalue weighted by atomic mass is 79.9. The van der Waals surface area contributed by atoms with E-state index in [1.165, 1.54) is 5.56 Å². The fraction of sp³-hybridized carbons (Fsp3) is 0.308. The second kappa shape index (κ2) is 4.06. The van der Waals surface area contributed by atoms with Gasteiger partial charge in [0.05, 0.1) is 0 Å². The minimum Gasteiger partial charge on any atom is -0.325 e. The standard InChI is InChI=1S/C13H14BrNO/c1-7(2)9-4-5-10-11(6-9)13(16)15-8(3)12(10)14/h4-7H,1-3H3,(H,15,16). The molecule has 0 radical (unpaired) electrons. The molecule has 1 aromatic carbocycles. The summed E-state index contributed by atoms with van der Waals surface area (Å²) in [6.45, 7) is 6.14.